The summed E-state index contributed by atoms with van der Waals surface area (Å²) in [6, 6.07) is 14.0. The molecular weight excluding hydrogens is 403 g/mol. The molecule has 0 unspecified atom stereocenters. The van der Waals surface area contributed by atoms with Gasteiger partial charge in [0.25, 0.3) is 0 Å². The van der Waals surface area contributed by atoms with E-state index < -0.39 is 6.10 Å². The first kappa shape index (κ1) is 20.8. The largest absolute Gasteiger partial charge is 0.493 e. The van der Waals surface area contributed by atoms with E-state index in [9.17, 15) is 9.50 Å². The summed E-state index contributed by atoms with van der Waals surface area (Å²) in [6.07, 6.45) is -0.118. The average Bonchev–Trinajstić information content (AvgIpc) is 3.28. The Kier molecular flexibility index (Phi) is 6.62. The number of thiazole rings is 1. The molecular formula is C23H25FN2O3S. The summed E-state index contributed by atoms with van der Waals surface area (Å²) < 4.78 is 25.0. The molecule has 0 amide bonds. The Morgan fingerprint density at radius 3 is 2.73 bits per heavy atom. The van der Waals surface area contributed by atoms with Crippen LogP contribution >= 0.6 is 11.3 Å². The van der Waals surface area contributed by atoms with Crippen LogP contribution in [0.2, 0.25) is 0 Å². The van der Waals surface area contributed by atoms with Crippen molar-refractivity contribution in [2.45, 2.75) is 32.1 Å². The molecule has 0 saturated carbocycles. The number of likely N-dealkylation sites (tertiary alicyclic amines) is 1. The third-order valence-electron chi connectivity index (χ3n) is 5.17. The second-order valence-electron chi connectivity index (χ2n) is 7.48. The number of halogens is 1. The fourth-order valence-corrected chi connectivity index (χ4v) is 4.33. The lowest BCUT2D eigenvalue weighted by atomic mass is 10.2. The molecule has 3 aromatic rings. The van der Waals surface area contributed by atoms with Gasteiger partial charge in [-0.3, -0.25) is 4.90 Å². The molecule has 1 aliphatic rings. The average molecular weight is 429 g/mol. The van der Waals surface area contributed by atoms with Gasteiger partial charge in [-0.05, 0) is 36.8 Å². The number of ether oxygens (including phenoxy) is 2. The number of nitrogens with zero attached hydrogens (tertiary/aromatic N) is 2. The fourth-order valence-electron chi connectivity index (χ4n) is 3.57. The van der Waals surface area contributed by atoms with E-state index in [1.807, 2.05) is 36.7 Å². The highest BCUT2D eigenvalue weighted by Crippen LogP contribution is 2.22. The smallest absolute Gasteiger partial charge is 0.138 e. The van der Waals surface area contributed by atoms with Gasteiger partial charge >= 0.3 is 0 Å². The van der Waals surface area contributed by atoms with Crippen molar-refractivity contribution < 1.29 is 19.0 Å². The van der Waals surface area contributed by atoms with Crippen LogP contribution in [0.5, 0.6) is 11.5 Å². The molecule has 0 radical (unpaired) electrons. The van der Waals surface area contributed by atoms with Crippen molar-refractivity contribution in [3.63, 3.8) is 0 Å². The van der Waals surface area contributed by atoms with E-state index in [1.54, 1.807) is 23.5 Å². The van der Waals surface area contributed by atoms with Crippen LogP contribution in [-0.2, 0) is 13.0 Å². The summed E-state index contributed by atoms with van der Waals surface area (Å²) >= 11 is 1.66. The van der Waals surface area contributed by atoms with Gasteiger partial charge in [0.15, 0.2) is 0 Å². The summed E-state index contributed by atoms with van der Waals surface area (Å²) in [4.78, 5) is 7.65. The molecule has 5 nitrogen and oxygen atoms in total. The second-order valence-corrected chi connectivity index (χ2v) is 8.42. The molecule has 2 heterocycles. The standard InChI is InChI=1S/C23H25FN2O3S/c1-16-23(30-15-25-16)9-10-28-19-7-5-17(6-8-19)12-26-13-21(27)22(14-26)29-20-4-2-3-18(24)11-20/h2-8,11,15,21-22,27H,9-10,12-14H2,1H3/t21-,22-/m0/s1. The monoisotopic (exact) mass is 428 g/mol. The number of hydrogen-bond donors (Lipinski definition) is 1. The first-order chi connectivity index (χ1) is 14.6. The van der Waals surface area contributed by atoms with Gasteiger partial charge in [-0.25, -0.2) is 9.37 Å². The lowest BCUT2D eigenvalue weighted by Gasteiger charge is -2.17. The van der Waals surface area contributed by atoms with E-state index in [2.05, 4.69) is 9.88 Å². The second kappa shape index (κ2) is 9.55. The minimum Gasteiger partial charge on any atom is -0.493 e. The molecule has 1 aliphatic heterocycles. The Labute approximate surface area is 179 Å². The number of benzene rings is 2. The summed E-state index contributed by atoms with van der Waals surface area (Å²) in [7, 11) is 0. The van der Waals surface area contributed by atoms with Crippen LogP contribution in [0, 0.1) is 12.7 Å². The van der Waals surface area contributed by atoms with E-state index in [4.69, 9.17) is 9.47 Å². The van der Waals surface area contributed by atoms with Crippen molar-refractivity contribution in [1.82, 2.24) is 9.88 Å². The Bertz CT molecular complexity index is 963. The normalized spacial score (nSPS) is 19.2. The Balaban J connectivity index is 1.25. The predicted octanol–water partition coefficient (Wildman–Crippen LogP) is 3.84. The highest BCUT2D eigenvalue weighted by Gasteiger charge is 2.33. The molecule has 1 N–H and O–H groups in total. The highest BCUT2D eigenvalue weighted by atomic mass is 32.1. The Hall–Kier alpha value is -2.48. The van der Waals surface area contributed by atoms with Crippen molar-refractivity contribution >= 4 is 11.3 Å². The van der Waals surface area contributed by atoms with E-state index in [0.717, 1.165) is 23.4 Å². The van der Waals surface area contributed by atoms with Crippen molar-refractivity contribution in [1.29, 1.82) is 0 Å². The van der Waals surface area contributed by atoms with E-state index in [-0.39, 0.29) is 11.9 Å². The third kappa shape index (κ3) is 5.36. The molecule has 1 aromatic heterocycles. The van der Waals surface area contributed by atoms with E-state index >= 15 is 0 Å². The topological polar surface area (TPSA) is 54.8 Å². The van der Waals surface area contributed by atoms with Crippen molar-refractivity contribution in [3.8, 4) is 11.5 Å². The predicted molar refractivity (Wildman–Crippen MR) is 115 cm³/mol. The highest BCUT2D eigenvalue weighted by molar-refractivity contribution is 7.09. The zero-order valence-corrected chi connectivity index (χ0v) is 17.6. The lowest BCUT2D eigenvalue weighted by Crippen LogP contribution is -2.29. The van der Waals surface area contributed by atoms with E-state index in [0.29, 0.717) is 32.0 Å². The SMILES string of the molecule is Cc1ncsc1CCOc1ccc(CN2C[C@H](Oc3cccc(F)c3)[C@@H](O)C2)cc1. The summed E-state index contributed by atoms with van der Waals surface area (Å²) in [6.45, 7) is 4.46. The molecule has 1 saturated heterocycles. The zero-order valence-electron chi connectivity index (χ0n) is 16.8. The van der Waals surface area contributed by atoms with Crippen LogP contribution in [0.1, 0.15) is 16.1 Å². The first-order valence-corrected chi connectivity index (χ1v) is 10.9. The molecule has 7 heteroatoms. The third-order valence-corrected chi connectivity index (χ3v) is 6.16. The minimum atomic E-state index is -0.605. The molecule has 2 atom stereocenters. The van der Waals surface area contributed by atoms with Gasteiger partial charge in [0.1, 0.15) is 29.5 Å². The Morgan fingerprint density at radius 1 is 1.17 bits per heavy atom. The van der Waals surface area contributed by atoms with E-state index in [1.165, 1.54) is 17.0 Å². The van der Waals surface area contributed by atoms with Gasteiger partial charge in [-0.2, -0.15) is 0 Å². The zero-order chi connectivity index (χ0) is 20.9. The summed E-state index contributed by atoms with van der Waals surface area (Å²) in [5, 5.41) is 10.3. The van der Waals surface area contributed by atoms with Gasteiger partial charge in [-0.1, -0.05) is 18.2 Å². The van der Waals surface area contributed by atoms with Crippen LogP contribution in [0.25, 0.3) is 0 Å². The Morgan fingerprint density at radius 2 is 2.00 bits per heavy atom. The maximum Gasteiger partial charge on any atom is 0.138 e. The number of hydrogen-bond acceptors (Lipinski definition) is 6. The first-order valence-electron chi connectivity index (χ1n) is 10.00. The number of aryl methyl sites for hydroxylation is 1. The fraction of sp³-hybridized carbons (Fsp3) is 0.348. The van der Waals surface area contributed by atoms with Gasteiger partial charge in [0, 0.05) is 37.0 Å². The molecule has 0 aliphatic carbocycles. The number of aromatic nitrogens is 1. The number of aliphatic hydroxyl groups excluding tert-OH is 1. The molecule has 158 valence electrons. The van der Waals surface area contributed by atoms with Gasteiger partial charge in [0.05, 0.1) is 17.8 Å². The number of rotatable bonds is 8. The molecule has 0 spiro atoms. The summed E-state index contributed by atoms with van der Waals surface area (Å²) in [5.41, 5.74) is 4.08. The van der Waals surface area contributed by atoms with Crippen molar-refractivity contribution in [3.05, 3.63) is 76.0 Å². The molecule has 30 heavy (non-hydrogen) atoms. The van der Waals surface area contributed by atoms with Crippen molar-refractivity contribution in [2.75, 3.05) is 19.7 Å². The number of β-amino-alcohol motifs (C(OH)–C–C–N with tert-alkyl or cyclic N) is 1. The van der Waals surface area contributed by atoms with Crippen molar-refractivity contribution in [2.24, 2.45) is 0 Å². The maximum atomic E-state index is 13.3. The van der Waals surface area contributed by atoms with Crippen LogP contribution < -0.4 is 9.47 Å². The molecule has 4 rings (SSSR count). The van der Waals surface area contributed by atoms with Gasteiger partial charge in [-0.15, -0.1) is 11.3 Å². The van der Waals surface area contributed by atoms with Gasteiger partial charge in [0.2, 0.25) is 0 Å². The quantitative estimate of drug-likeness (QED) is 0.591. The lowest BCUT2D eigenvalue weighted by molar-refractivity contribution is 0.0734. The molecule has 1 fully saturated rings. The van der Waals surface area contributed by atoms with Gasteiger partial charge < -0.3 is 14.6 Å². The molecule has 2 aromatic carbocycles. The maximum absolute atomic E-state index is 13.3. The van der Waals surface area contributed by atoms with Crippen LogP contribution in [0.3, 0.4) is 0 Å². The minimum absolute atomic E-state index is 0.346. The van der Waals surface area contributed by atoms with Crippen LogP contribution in [-0.4, -0.2) is 46.9 Å². The summed E-state index contributed by atoms with van der Waals surface area (Å²) in [5.74, 6) is 0.937. The van der Waals surface area contributed by atoms with Crippen LogP contribution in [0.4, 0.5) is 4.39 Å². The molecule has 0 bridgehead atoms. The van der Waals surface area contributed by atoms with Crippen LogP contribution in [0.15, 0.2) is 54.0 Å². The number of aliphatic hydroxyl groups is 1.